The summed E-state index contributed by atoms with van der Waals surface area (Å²) in [6.45, 7) is 4.85. The molecule has 6 nitrogen and oxygen atoms in total. The summed E-state index contributed by atoms with van der Waals surface area (Å²) in [5.41, 5.74) is 0. The largest absolute Gasteiger partial charge is 0.466 e. The molecular formula is C55H103NO5. The number of hydrogen-bond acceptors (Lipinski definition) is 5. The third-order valence-electron chi connectivity index (χ3n) is 12.1. The third kappa shape index (κ3) is 47.4. The number of esters is 1. The van der Waals surface area contributed by atoms with Crippen molar-refractivity contribution in [2.45, 2.75) is 289 Å². The second-order valence-corrected chi connectivity index (χ2v) is 18.2. The molecule has 6 heteroatoms. The molecule has 358 valence electrons. The van der Waals surface area contributed by atoms with Gasteiger partial charge in [-0.15, -0.1) is 0 Å². The number of aliphatic hydroxyl groups excluding tert-OH is 2. The van der Waals surface area contributed by atoms with E-state index in [1.165, 1.54) is 180 Å². The number of hydrogen-bond donors (Lipinski definition) is 3. The number of allylic oxidation sites excluding steroid dienone is 5. The van der Waals surface area contributed by atoms with Crippen LogP contribution in [0.1, 0.15) is 277 Å². The molecule has 0 aromatic carbocycles. The maximum atomic E-state index is 12.4. The van der Waals surface area contributed by atoms with E-state index in [1.54, 1.807) is 6.08 Å². The molecule has 0 aliphatic rings. The molecule has 0 aliphatic heterocycles. The first kappa shape index (κ1) is 59.1. The molecular weight excluding hydrogens is 755 g/mol. The first-order valence-corrected chi connectivity index (χ1v) is 26.8. The Morgan fingerprint density at radius 3 is 1.16 bits per heavy atom. The van der Waals surface area contributed by atoms with Crippen molar-refractivity contribution in [1.29, 1.82) is 0 Å². The highest BCUT2D eigenvalue weighted by Crippen LogP contribution is 2.15. The minimum absolute atomic E-state index is 0.0202. The second kappa shape index (κ2) is 50.7. The van der Waals surface area contributed by atoms with E-state index in [9.17, 15) is 19.8 Å². The van der Waals surface area contributed by atoms with Gasteiger partial charge in [0.15, 0.2) is 0 Å². The number of rotatable bonds is 49. The Morgan fingerprint density at radius 2 is 0.770 bits per heavy atom. The molecule has 0 radical (unpaired) electrons. The molecule has 2 atom stereocenters. The summed E-state index contributed by atoms with van der Waals surface area (Å²) < 4.78 is 5.45. The van der Waals surface area contributed by atoms with E-state index >= 15 is 0 Å². The second-order valence-electron chi connectivity index (χ2n) is 18.2. The molecule has 0 spiro atoms. The molecule has 0 bridgehead atoms. The molecule has 0 aromatic heterocycles. The number of aliphatic hydroxyl groups is 2. The van der Waals surface area contributed by atoms with Crippen LogP contribution in [0.15, 0.2) is 36.5 Å². The Hall–Kier alpha value is -1.92. The Kier molecular flexibility index (Phi) is 49.1. The van der Waals surface area contributed by atoms with Crippen molar-refractivity contribution in [2.24, 2.45) is 0 Å². The molecule has 2 unspecified atom stereocenters. The molecule has 3 N–H and O–H groups in total. The molecule has 0 saturated carbocycles. The summed E-state index contributed by atoms with van der Waals surface area (Å²) in [5.74, 6) is -0.104. The van der Waals surface area contributed by atoms with Gasteiger partial charge in [0.2, 0.25) is 5.91 Å². The van der Waals surface area contributed by atoms with Crippen LogP contribution in [-0.2, 0) is 14.3 Å². The standard InChI is InChI=1S/C55H103NO5/c1-3-5-7-9-11-13-15-17-20-23-27-31-35-39-43-47-53(58)52(51-57)56-54(59)48-44-40-36-32-28-24-21-19-22-26-30-34-38-42-46-50-61-55(60)49-45-41-37-33-29-25-18-16-14-12-10-8-6-4-2/h16,18,22,26,43,47,52-53,57-58H,3-15,17,19-21,23-25,27-42,44-46,48-51H2,1-2H3,(H,56,59)/b18-16-,26-22-,47-43+. The maximum Gasteiger partial charge on any atom is 0.305 e. The Morgan fingerprint density at radius 1 is 0.443 bits per heavy atom. The summed E-state index contributed by atoms with van der Waals surface area (Å²) in [6, 6.07) is -0.639. The fourth-order valence-corrected chi connectivity index (χ4v) is 7.97. The Balaban J connectivity index is 3.52. The Labute approximate surface area is 379 Å². The lowest BCUT2D eigenvalue weighted by Gasteiger charge is -2.20. The molecule has 0 saturated heterocycles. The van der Waals surface area contributed by atoms with Gasteiger partial charge in [-0.1, -0.05) is 217 Å². The number of nitrogens with one attached hydrogen (secondary N) is 1. The van der Waals surface area contributed by atoms with Crippen LogP contribution in [0.3, 0.4) is 0 Å². The van der Waals surface area contributed by atoms with Gasteiger partial charge in [-0.3, -0.25) is 9.59 Å². The number of carbonyl (C=O) groups excluding carboxylic acids is 2. The maximum absolute atomic E-state index is 12.4. The van der Waals surface area contributed by atoms with Crippen molar-refractivity contribution >= 4 is 11.9 Å². The van der Waals surface area contributed by atoms with Crippen LogP contribution in [0.2, 0.25) is 0 Å². The van der Waals surface area contributed by atoms with Gasteiger partial charge in [-0.2, -0.15) is 0 Å². The Bertz CT molecular complexity index is 993. The van der Waals surface area contributed by atoms with Gasteiger partial charge in [0, 0.05) is 12.8 Å². The lowest BCUT2D eigenvalue weighted by atomic mass is 10.0. The highest BCUT2D eigenvalue weighted by atomic mass is 16.5. The van der Waals surface area contributed by atoms with Gasteiger partial charge in [-0.25, -0.2) is 0 Å². The summed E-state index contributed by atoms with van der Waals surface area (Å²) in [7, 11) is 0. The van der Waals surface area contributed by atoms with Crippen LogP contribution in [-0.4, -0.2) is 47.4 Å². The minimum atomic E-state index is -0.854. The van der Waals surface area contributed by atoms with E-state index in [1.807, 2.05) is 6.08 Å². The summed E-state index contributed by atoms with van der Waals surface area (Å²) in [6.07, 6.45) is 61.4. The molecule has 0 heterocycles. The highest BCUT2D eigenvalue weighted by Gasteiger charge is 2.18. The van der Waals surface area contributed by atoms with Crippen molar-refractivity contribution in [3.8, 4) is 0 Å². The fourth-order valence-electron chi connectivity index (χ4n) is 7.97. The number of amides is 1. The van der Waals surface area contributed by atoms with Gasteiger partial charge < -0.3 is 20.3 Å². The van der Waals surface area contributed by atoms with Gasteiger partial charge >= 0.3 is 5.97 Å². The lowest BCUT2D eigenvalue weighted by molar-refractivity contribution is -0.143. The number of ether oxygens (including phenoxy) is 1. The van der Waals surface area contributed by atoms with E-state index in [2.05, 4.69) is 43.5 Å². The fraction of sp³-hybridized carbons (Fsp3) is 0.855. The van der Waals surface area contributed by atoms with Crippen LogP contribution in [0, 0.1) is 0 Å². The normalized spacial score (nSPS) is 12.9. The SMILES string of the molecule is CCCCCCC/C=C\CCCCCCCC(=O)OCCCCCC/C=C\CCCCCCCCCC(=O)NC(CO)C(O)/C=C/CCCCCCCCCCCCCCC. The predicted molar refractivity (Wildman–Crippen MR) is 264 cm³/mol. The highest BCUT2D eigenvalue weighted by molar-refractivity contribution is 5.76. The first-order chi connectivity index (χ1) is 30.0. The van der Waals surface area contributed by atoms with Crippen molar-refractivity contribution in [2.75, 3.05) is 13.2 Å². The summed E-state index contributed by atoms with van der Waals surface area (Å²) in [4.78, 5) is 24.4. The van der Waals surface area contributed by atoms with Gasteiger partial charge in [-0.05, 0) is 83.5 Å². The van der Waals surface area contributed by atoms with Gasteiger partial charge in [0.05, 0.1) is 25.4 Å². The van der Waals surface area contributed by atoms with Gasteiger partial charge in [0.25, 0.3) is 0 Å². The monoisotopic (exact) mass is 858 g/mol. The van der Waals surface area contributed by atoms with Crippen LogP contribution in [0.4, 0.5) is 0 Å². The zero-order chi connectivity index (χ0) is 44.4. The average Bonchev–Trinajstić information content (AvgIpc) is 3.26. The summed E-state index contributed by atoms with van der Waals surface area (Å²) >= 11 is 0. The quantitative estimate of drug-likeness (QED) is 0.0322. The van der Waals surface area contributed by atoms with Crippen LogP contribution in [0.25, 0.3) is 0 Å². The van der Waals surface area contributed by atoms with E-state index in [4.69, 9.17) is 4.74 Å². The molecule has 0 fully saturated rings. The topological polar surface area (TPSA) is 95.9 Å². The van der Waals surface area contributed by atoms with Crippen LogP contribution >= 0.6 is 0 Å². The number of unbranched alkanes of at least 4 members (excludes halogenated alkanes) is 34. The van der Waals surface area contributed by atoms with Gasteiger partial charge in [0.1, 0.15) is 0 Å². The van der Waals surface area contributed by atoms with E-state index in [0.29, 0.717) is 19.4 Å². The minimum Gasteiger partial charge on any atom is -0.466 e. The molecule has 1 amide bonds. The zero-order valence-corrected chi connectivity index (χ0v) is 40.6. The molecule has 0 aliphatic carbocycles. The lowest BCUT2D eigenvalue weighted by Crippen LogP contribution is -2.45. The summed E-state index contributed by atoms with van der Waals surface area (Å²) in [5, 5.41) is 23.1. The number of carbonyl (C=O) groups is 2. The van der Waals surface area contributed by atoms with E-state index in [-0.39, 0.29) is 18.5 Å². The zero-order valence-electron chi connectivity index (χ0n) is 40.6. The van der Waals surface area contributed by atoms with Crippen molar-refractivity contribution in [3.63, 3.8) is 0 Å². The molecule has 0 aromatic rings. The van der Waals surface area contributed by atoms with Crippen molar-refractivity contribution in [1.82, 2.24) is 5.32 Å². The first-order valence-electron chi connectivity index (χ1n) is 26.8. The van der Waals surface area contributed by atoms with Crippen molar-refractivity contribution < 1.29 is 24.5 Å². The van der Waals surface area contributed by atoms with Crippen molar-refractivity contribution in [3.05, 3.63) is 36.5 Å². The van der Waals surface area contributed by atoms with E-state index < -0.39 is 12.1 Å². The molecule has 61 heavy (non-hydrogen) atoms. The smallest absolute Gasteiger partial charge is 0.305 e. The van der Waals surface area contributed by atoms with E-state index in [0.717, 1.165) is 70.6 Å². The predicted octanol–water partition coefficient (Wildman–Crippen LogP) is 16.1. The van der Waals surface area contributed by atoms with Crippen LogP contribution in [0.5, 0.6) is 0 Å². The van der Waals surface area contributed by atoms with Crippen LogP contribution < -0.4 is 5.32 Å². The average molecular weight is 858 g/mol. The molecule has 0 rings (SSSR count). The third-order valence-corrected chi connectivity index (χ3v) is 12.1.